The Balaban J connectivity index is 3.38. The first-order valence-electron chi connectivity index (χ1n) is 5.35. The molecule has 2 N–H and O–H groups in total. The third-order valence-corrected chi connectivity index (χ3v) is 2.30. The number of alkyl carbamates (subject to hydrolysis) is 1. The molecule has 1 atom stereocenters. The molecule has 16 heavy (non-hydrogen) atoms. The largest absolute Gasteiger partial charge is 0.444 e. The van der Waals surface area contributed by atoms with Gasteiger partial charge in [-0.25, -0.2) is 9.00 Å². The fourth-order valence-corrected chi connectivity index (χ4v) is 1.48. The highest BCUT2D eigenvalue weighted by Crippen LogP contribution is 2.06. The van der Waals surface area contributed by atoms with Gasteiger partial charge < -0.3 is 14.6 Å². The van der Waals surface area contributed by atoms with Gasteiger partial charge in [-0.2, -0.15) is 0 Å². The molecule has 0 fully saturated rings. The second-order valence-electron chi connectivity index (χ2n) is 4.51. The number of amides is 1. The van der Waals surface area contributed by atoms with Crippen molar-refractivity contribution in [3.63, 3.8) is 0 Å². The summed E-state index contributed by atoms with van der Waals surface area (Å²) in [5.74, 6) is 0.298. The molecule has 96 valence electrons. The van der Waals surface area contributed by atoms with Gasteiger partial charge in [0.25, 0.3) is 0 Å². The van der Waals surface area contributed by atoms with Crippen molar-refractivity contribution in [1.82, 2.24) is 5.32 Å². The quantitative estimate of drug-likeness (QED) is 0.558. The monoisotopic (exact) mass is 251 g/mol. The second kappa shape index (κ2) is 7.62. The normalized spacial score (nSPS) is 13.2. The van der Waals surface area contributed by atoms with E-state index in [1.165, 1.54) is 0 Å². The lowest BCUT2D eigenvalue weighted by Crippen LogP contribution is -2.33. The van der Waals surface area contributed by atoms with E-state index < -0.39 is 22.8 Å². The molecule has 0 saturated carbocycles. The van der Waals surface area contributed by atoms with E-state index in [0.29, 0.717) is 18.7 Å². The minimum absolute atomic E-state index is 0.298. The number of carbonyl (C=O) groups is 1. The van der Waals surface area contributed by atoms with Crippen LogP contribution in [0.1, 0.15) is 40.0 Å². The average Bonchev–Trinajstić information content (AvgIpc) is 2.07. The first-order valence-corrected chi connectivity index (χ1v) is 6.63. The Morgan fingerprint density at radius 2 is 1.94 bits per heavy atom. The van der Waals surface area contributed by atoms with Crippen LogP contribution >= 0.6 is 0 Å². The van der Waals surface area contributed by atoms with Crippen LogP contribution in [-0.2, 0) is 15.8 Å². The Hall–Kier alpha value is -0.620. The molecular weight excluding hydrogens is 230 g/mol. The topological polar surface area (TPSA) is 75.6 Å². The van der Waals surface area contributed by atoms with Gasteiger partial charge in [0.15, 0.2) is 11.1 Å². The maximum atomic E-state index is 11.2. The molecule has 0 radical (unpaired) electrons. The molecule has 6 heteroatoms. The van der Waals surface area contributed by atoms with E-state index in [9.17, 15) is 9.00 Å². The highest BCUT2D eigenvalue weighted by molar-refractivity contribution is 7.79. The van der Waals surface area contributed by atoms with Crippen molar-refractivity contribution in [3.05, 3.63) is 0 Å². The Labute approximate surface area is 99.2 Å². The maximum absolute atomic E-state index is 11.2. The molecule has 0 aliphatic carbocycles. The highest BCUT2D eigenvalue weighted by atomic mass is 32.2. The molecule has 0 aliphatic heterocycles. The molecule has 1 amide bonds. The van der Waals surface area contributed by atoms with E-state index in [0.717, 1.165) is 12.8 Å². The summed E-state index contributed by atoms with van der Waals surface area (Å²) in [5, 5.41) is 2.63. The lowest BCUT2D eigenvalue weighted by Gasteiger charge is -2.19. The first-order chi connectivity index (χ1) is 7.31. The fourth-order valence-electron chi connectivity index (χ4n) is 1.03. The number of unbranched alkanes of at least 4 members (excludes halogenated alkanes) is 2. The summed E-state index contributed by atoms with van der Waals surface area (Å²) in [7, 11) is 0. The molecule has 0 saturated heterocycles. The van der Waals surface area contributed by atoms with Crippen LogP contribution < -0.4 is 5.32 Å². The predicted octanol–water partition coefficient (Wildman–Crippen LogP) is 1.90. The number of carbonyl (C=O) groups excluding carboxylic acids is 1. The number of nitrogens with one attached hydrogen (secondary N) is 1. The van der Waals surface area contributed by atoms with Gasteiger partial charge in [0.05, 0.1) is 0 Å². The average molecular weight is 251 g/mol. The number of hydrogen-bond acceptors (Lipinski definition) is 3. The van der Waals surface area contributed by atoms with Crippen molar-refractivity contribution in [1.29, 1.82) is 0 Å². The Bertz CT molecular complexity index is 237. The number of rotatable bonds is 6. The molecule has 1 unspecified atom stereocenters. The van der Waals surface area contributed by atoms with E-state index in [1.54, 1.807) is 0 Å². The molecule has 0 spiro atoms. The van der Waals surface area contributed by atoms with Gasteiger partial charge in [0.1, 0.15) is 5.60 Å². The maximum Gasteiger partial charge on any atom is 0.407 e. The minimum atomic E-state index is -1.71. The SMILES string of the molecule is CC(C)(C)OC(=O)NCCCCCS(=O)O. The zero-order valence-electron chi connectivity index (χ0n) is 10.1. The predicted molar refractivity (Wildman–Crippen MR) is 63.7 cm³/mol. The van der Waals surface area contributed by atoms with Crippen molar-refractivity contribution in [2.45, 2.75) is 45.6 Å². The molecular formula is C10H21NO4S. The lowest BCUT2D eigenvalue weighted by atomic mass is 10.2. The Morgan fingerprint density at radius 3 is 2.44 bits per heavy atom. The van der Waals surface area contributed by atoms with E-state index in [-0.39, 0.29) is 0 Å². The summed E-state index contributed by atoms with van der Waals surface area (Å²) in [4.78, 5) is 11.2. The van der Waals surface area contributed by atoms with Gasteiger partial charge >= 0.3 is 6.09 Å². The number of hydrogen-bond donors (Lipinski definition) is 2. The van der Waals surface area contributed by atoms with Crippen LogP contribution in [0.15, 0.2) is 0 Å². The highest BCUT2D eigenvalue weighted by Gasteiger charge is 2.15. The Morgan fingerprint density at radius 1 is 1.31 bits per heavy atom. The van der Waals surface area contributed by atoms with Crippen molar-refractivity contribution < 1.29 is 18.3 Å². The molecule has 0 bridgehead atoms. The van der Waals surface area contributed by atoms with Gasteiger partial charge in [0.2, 0.25) is 0 Å². The van der Waals surface area contributed by atoms with E-state index >= 15 is 0 Å². The fraction of sp³-hybridized carbons (Fsp3) is 0.900. The van der Waals surface area contributed by atoms with Gasteiger partial charge in [0, 0.05) is 12.3 Å². The lowest BCUT2D eigenvalue weighted by molar-refractivity contribution is 0.0527. The third-order valence-electron chi connectivity index (χ3n) is 1.66. The molecule has 0 aromatic heterocycles. The van der Waals surface area contributed by atoms with Crippen LogP contribution in [0.3, 0.4) is 0 Å². The van der Waals surface area contributed by atoms with E-state index in [2.05, 4.69) is 5.32 Å². The van der Waals surface area contributed by atoms with Gasteiger partial charge in [-0.15, -0.1) is 0 Å². The third kappa shape index (κ3) is 11.5. The summed E-state index contributed by atoms with van der Waals surface area (Å²) < 4.78 is 23.9. The summed E-state index contributed by atoms with van der Waals surface area (Å²) in [6, 6.07) is 0. The smallest absolute Gasteiger partial charge is 0.407 e. The van der Waals surface area contributed by atoms with Crippen molar-refractivity contribution >= 4 is 17.2 Å². The van der Waals surface area contributed by atoms with Crippen molar-refractivity contribution in [3.8, 4) is 0 Å². The summed E-state index contributed by atoms with van der Waals surface area (Å²) in [6.45, 7) is 5.96. The van der Waals surface area contributed by atoms with Gasteiger partial charge in [-0.1, -0.05) is 6.42 Å². The van der Waals surface area contributed by atoms with Crippen LogP contribution in [0.2, 0.25) is 0 Å². The van der Waals surface area contributed by atoms with Crippen molar-refractivity contribution in [2.24, 2.45) is 0 Å². The van der Waals surface area contributed by atoms with Crippen LogP contribution in [0.4, 0.5) is 4.79 Å². The minimum Gasteiger partial charge on any atom is -0.444 e. The Kier molecular flexibility index (Phi) is 7.33. The molecule has 0 aliphatic rings. The van der Waals surface area contributed by atoms with Crippen LogP contribution in [0, 0.1) is 0 Å². The molecule has 0 rings (SSSR count). The van der Waals surface area contributed by atoms with Gasteiger partial charge in [-0.3, -0.25) is 0 Å². The molecule has 0 heterocycles. The standard InChI is InChI=1S/C10H21NO4S/c1-10(2,3)15-9(12)11-7-5-4-6-8-16(13)14/h4-8H2,1-3H3,(H,11,12)(H,13,14). The zero-order valence-corrected chi connectivity index (χ0v) is 10.9. The zero-order chi connectivity index (χ0) is 12.6. The first kappa shape index (κ1) is 15.4. The van der Waals surface area contributed by atoms with Crippen LogP contribution in [0.25, 0.3) is 0 Å². The van der Waals surface area contributed by atoms with E-state index in [4.69, 9.17) is 9.29 Å². The summed E-state index contributed by atoms with van der Waals surface area (Å²) in [5.41, 5.74) is -0.474. The summed E-state index contributed by atoms with van der Waals surface area (Å²) >= 11 is -1.71. The molecule has 0 aromatic rings. The van der Waals surface area contributed by atoms with E-state index in [1.807, 2.05) is 20.8 Å². The second-order valence-corrected chi connectivity index (χ2v) is 5.57. The van der Waals surface area contributed by atoms with Gasteiger partial charge in [-0.05, 0) is 33.6 Å². The van der Waals surface area contributed by atoms with Crippen LogP contribution in [0.5, 0.6) is 0 Å². The van der Waals surface area contributed by atoms with Crippen LogP contribution in [-0.4, -0.2) is 32.8 Å². The molecule has 0 aromatic carbocycles. The van der Waals surface area contributed by atoms with Crippen molar-refractivity contribution in [2.75, 3.05) is 12.3 Å². The summed E-state index contributed by atoms with van der Waals surface area (Å²) in [6.07, 6.45) is 1.88. The number of ether oxygens (including phenoxy) is 1. The molecule has 5 nitrogen and oxygen atoms in total.